The Kier molecular flexibility index (Phi) is 10.3. The molecular formula is C27H34ClN3O5. The van der Waals surface area contributed by atoms with Gasteiger partial charge in [0.05, 0.1) is 45.5 Å². The number of hydrazone groups is 1. The summed E-state index contributed by atoms with van der Waals surface area (Å²) >= 11 is 0. The Balaban J connectivity index is 0.00000361. The third-order valence-electron chi connectivity index (χ3n) is 6.25. The van der Waals surface area contributed by atoms with Gasteiger partial charge in [0.25, 0.3) is 0 Å². The van der Waals surface area contributed by atoms with E-state index >= 15 is 0 Å². The summed E-state index contributed by atoms with van der Waals surface area (Å²) < 4.78 is 16.4. The van der Waals surface area contributed by atoms with Gasteiger partial charge in [0.2, 0.25) is 0 Å². The molecule has 8 nitrogen and oxygen atoms in total. The number of hydrogen-bond acceptors (Lipinski definition) is 8. The highest BCUT2D eigenvalue weighted by molar-refractivity contribution is 6.09. The molecular weight excluding hydrogens is 482 g/mol. The van der Waals surface area contributed by atoms with Crippen LogP contribution in [0.5, 0.6) is 5.75 Å². The maximum Gasteiger partial charge on any atom is 0.306 e. The second-order valence-corrected chi connectivity index (χ2v) is 8.91. The van der Waals surface area contributed by atoms with E-state index in [1.165, 1.54) is 0 Å². The quantitative estimate of drug-likeness (QED) is 0.235. The molecule has 0 amide bonds. The number of fused-ring (bicyclic) bond motifs is 1. The van der Waals surface area contributed by atoms with Crippen LogP contribution in [0.2, 0.25) is 0 Å². The van der Waals surface area contributed by atoms with Crippen LogP contribution in [0.15, 0.2) is 47.6 Å². The largest absolute Gasteiger partial charge is 0.475 e. The number of rotatable bonds is 9. The fraction of sp³-hybridized carbons (Fsp3) is 0.444. The van der Waals surface area contributed by atoms with Crippen molar-refractivity contribution < 1.29 is 23.8 Å². The Morgan fingerprint density at radius 3 is 2.58 bits per heavy atom. The number of benzene rings is 2. The average Bonchev–Trinajstić information content (AvgIpc) is 2.88. The van der Waals surface area contributed by atoms with Gasteiger partial charge < -0.3 is 14.2 Å². The van der Waals surface area contributed by atoms with Crippen molar-refractivity contribution in [3.05, 3.63) is 64.7 Å². The van der Waals surface area contributed by atoms with E-state index in [0.29, 0.717) is 43.1 Å². The van der Waals surface area contributed by atoms with Gasteiger partial charge in [-0.3, -0.25) is 20.3 Å². The number of morpholine rings is 1. The SMILES string of the molecule is CCCCOC(=O)CC1Cc2cc(C(=O)c3ccc(C=NN4CCOCC4)cc3)ccc2OC1N.Cl. The van der Waals surface area contributed by atoms with E-state index in [-0.39, 0.29) is 36.5 Å². The van der Waals surface area contributed by atoms with Crippen LogP contribution in [0, 0.1) is 5.92 Å². The topological polar surface area (TPSA) is 103 Å². The van der Waals surface area contributed by atoms with Crippen LogP contribution in [-0.2, 0) is 20.7 Å². The van der Waals surface area contributed by atoms with E-state index in [4.69, 9.17) is 19.9 Å². The molecule has 194 valence electrons. The normalized spacial score (nSPS) is 19.2. The molecule has 2 aromatic rings. The van der Waals surface area contributed by atoms with Gasteiger partial charge in [-0.25, -0.2) is 0 Å². The van der Waals surface area contributed by atoms with Crippen LogP contribution >= 0.6 is 12.4 Å². The van der Waals surface area contributed by atoms with Crippen molar-refractivity contribution in [1.29, 1.82) is 0 Å². The molecule has 2 aromatic carbocycles. The highest BCUT2D eigenvalue weighted by Crippen LogP contribution is 2.32. The molecule has 2 unspecified atom stereocenters. The third-order valence-corrected chi connectivity index (χ3v) is 6.25. The second-order valence-electron chi connectivity index (χ2n) is 8.91. The Hall–Kier alpha value is -2.94. The number of halogens is 1. The zero-order valence-electron chi connectivity index (χ0n) is 20.6. The van der Waals surface area contributed by atoms with Crippen molar-refractivity contribution in [2.75, 3.05) is 32.9 Å². The molecule has 1 saturated heterocycles. The molecule has 4 rings (SSSR count). The maximum absolute atomic E-state index is 13.1. The number of carbonyl (C=O) groups excluding carboxylic acids is 2. The zero-order valence-corrected chi connectivity index (χ0v) is 21.4. The van der Waals surface area contributed by atoms with Gasteiger partial charge in [-0.05, 0) is 42.2 Å². The van der Waals surface area contributed by atoms with E-state index in [9.17, 15) is 9.59 Å². The summed E-state index contributed by atoms with van der Waals surface area (Å²) in [7, 11) is 0. The molecule has 2 aliphatic rings. The standard InChI is InChI=1S/C27H33N3O5.ClH/c1-2-3-12-34-25(31)17-23-16-22-15-21(8-9-24(22)35-27(23)28)26(32)20-6-4-19(5-7-20)18-29-30-10-13-33-14-11-30;/h4-9,15,18,23,27H,2-3,10-14,16-17,28H2,1H3;1H. The van der Waals surface area contributed by atoms with Gasteiger partial charge in [-0.2, -0.15) is 5.10 Å². The van der Waals surface area contributed by atoms with Crippen LogP contribution in [0.25, 0.3) is 0 Å². The molecule has 0 saturated carbocycles. The van der Waals surface area contributed by atoms with Gasteiger partial charge >= 0.3 is 5.97 Å². The van der Waals surface area contributed by atoms with Crippen molar-refractivity contribution in [3.8, 4) is 5.75 Å². The molecule has 0 aliphatic carbocycles. The minimum Gasteiger partial charge on any atom is -0.475 e. The number of hydrogen-bond donors (Lipinski definition) is 1. The molecule has 9 heteroatoms. The monoisotopic (exact) mass is 515 g/mol. The molecule has 0 spiro atoms. The number of nitrogens with zero attached hydrogens (tertiary/aromatic N) is 2. The number of esters is 1. The van der Waals surface area contributed by atoms with Crippen LogP contribution in [0.4, 0.5) is 0 Å². The molecule has 0 radical (unpaired) electrons. The number of carbonyl (C=O) groups is 2. The molecule has 36 heavy (non-hydrogen) atoms. The van der Waals surface area contributed by atoms with Crippen LogP contribution in [0.1, 0.15) is 53.2 Å². The Morgan fingerprint density at radius 1 is 1.14 bits per heavy atom. The van der Waals surface area contributed by atoms with Gasteiger partial charge in [0.1, 0.15) is 5.75 Å². The van der Waals surface area contributed by atoms with Gasteiger partial charge in [0.15, 0.2) is 12.0 Å². The molecule has 2 heterocycles. The Morgan fingerprint density at radius 2 is 1.86 bits per heavy atom. The number of unbranched alkanes of at least 4 members (excludes halogenated alkanes) is 1. The summed E-state index contributed by atoms with van der Waals surface area (Å²) in [6.07, 6.45) is 3.76. The fourth-order valence-electron chi connectivity index (χ4n) is 4.13. The van der Waals surface area contributed by atoms with Crippen LogP contribution in [0.3, 0.4) is 0 Å². The Bertz CT molecular complexity index is 1050. The van der Waals surface area contributed by atoms with Crippen molar-refractivity contribution in [1.82, 2.24) is 5.01 Å². The fourth-order valence-corrected chi connectivity index (χ4v) is 4.13. The van der Waals surface area contributed by atoms with E-state index in [0.717, 1.165) is 37.1 Å². The molecule has 0 bridgehead atoms. The summed E-state index contributed by atoms with van der Waals surface area (Å²) in [5, 5.41) is 6.45. The molecule has 1 fully saturated rings. The molecule has 2 aliphatic heterocycles. The van der Waals surface area contributed by atoms with Crippen molar-refractivity contribution in [2.24, 2.45) is 16.8 Å². The smallest absolute Gasteiger partial charge is 0.306 e. The lowest BCUT2D eigenvalue weighted by atomic mass is 9.90. The highest BCUT2D eigenvalue weighted by atomic mass is 35.5. The van der Waals surface area contributed by atoms with E-state index in [2.05, 4.69) is 5.10 Å². The first-order valence-electron chi connectivity index (χ1n) is 12.3. The zero-order chi connectivity index (χ0) is 24.6. The second kappa shape index (κ2) is 13.4. The molecule has 2 N–H and O–H groups in total. The summed E-state index contributed by atoms with van der Waals surface area (Å²) in [5.41, 5.74) is 9.12. The first-order chi connectivity index (χ1) is 17.0. The van der Waals surface area contributed by atoms with E-state index in [1.54, 1.807) is 18.3 Å². The van der Waals surface area contributed by atoms with Gasteiger partial charge in [-0.15, -0.1) is 12.4 Å². The summed E-state index contributed by atoms with van der Waals surface area (Å²) in [4.78, 5) is 25.3. The summed E-state index contributed by atoms with van der Waals surface area (Å²) in [6, 6.07) is 12.8. The Labute approximate surface area is 218 Å². The van der Waals surface area contributed by atoms with Crippen molar-refractivity contribution in [3.63, 3.8) is 0 Å². The van der Waals surface area contributed by atoms with Gasteiger partial charge in [-0.1, -0.05) is 37.6 Å². The lowest BCUT2D eigenvalue weighted by molar-refractivity contribution is -0.145. The minimum absolute atomic E-state index is 0. The van der Waals surface area contributed by atoms with E-state index in [1.807, 2.05) is 42.3 Å². The van der Waals surface area contributed by atoms with Crippen LogP contribution < -0.4 is 10.5 Å². The predicted octanol–water partition coefficient (Wildman–Crippen LogP) is 3.57. The van der Waals surface area contributed by atoms with Crippen LogP contribution in [-0.4, -0.2) is 62.1 Å². The first-order valence-corrected chi connectivity index (χ1v) is 12.3. The predicted molar refractivity (Wildman–Crippen MR) is 140 cm³/mol. The summed E-state index contributed by atoms with van der Waals surface area (Å²) in [6.45, 7) is 5.40. The van der Waals surface area contributed by atoms with Gasteiger partial charge in [0, 0.05) is 17.0 Å². The first kappa shape index (κ1) is 27.6. The van der Waals surface area contributed by atoms with E-state index < -0.39 is 6.23 Å². The minimum atomic E-state index is -0.588. The average molecular weight is 516 g/mol. The third kappa shape index (κ3) is 7.29. The maximum atomic E-state index is 13.1. The summed E-state index contributed by atoms with van der Waals surface area (Å²) in [5.74, 6) is 0.108. The molecule has 0 aromatic heterocycles. The number of ether oxygens (including phenoxy) is 3. The lowest BCUT2D eigenvalue weighted by Gasteiger charge is -2.30. The highest BCUT2D eigenvalue weighted by Gasteiger charge is 2.30. The van der Waals surface area contributed by atoms with Crippen molar-refractivity contribution in [2.45, 2.75) is 38.8 Å². The number of nitrogens with two attached hydrogens (primary N) is 1. The van der Waals surface area contributed by atoms with Crippen molar-refractivity contribution >= 4 is 30.4 Å². The molecule has 2 atom stereocenters. The lowest BCUT2D eigenvalue weighted by Crippen LogP contribution is -2.41. The number of ketones is 1.